The van der Waals surface area contributed by atoms with Crippen molar-refractivity contribution in [1.82, 2.24) is 0 Å². The molecule has 0 heterocycles. The van der Waals surface area contributed by atoms with Crippen molar-refractivity contribution >= 4 is 5.78 Å². The first kappa shape index (κ1) is 13.1. The lowest BCUT2D eigenvalue weighted by Crippen LogP contribution is -2.34. The van der Waals surface area contributed by atoms with Gasteiger partial charge in [0.25, 0.3) is 0 Å². The van der Waals surface area contributed by atoms with Crippen LogP contribution in [0.4, 0.5) is 0 Å². The Morgan fingerprint density at radius 2 is 2.00 bits per heavy atom. The molecule has 0 aliphatic heterocycles. The monoisotopic (exact) mass is 248 g/mol. The number of Topliss-reactive ketones (excluding diaryl/α,β-unsaturated/α-hetero) is 1. The number of ether oxygens (including phenoxy) is 1. The highest BCUT2D eigenvalue weighted by molar-refractivity contribution is 6.01. The minimum atomic E-state index is -0.772. The van der Waals surface area contributed by atoms with Gasteiger partial charge in [0.05, 0.1) is 5.60 Å². The molecule has 0 bridgehead atoms. The van der Waals surface area contributed by atoms with Crippen molar-refractivity contribution in [2.75, 3.05) is 6.61 Å². The highest BCUT2D eigenvalue weighted by atomic mass is 16.5. The molecule has 1 aromatic carbocycles. The number of fused-ring (bicyclic) bond motifs is 1. The lowest BCUT2D eigenvalue weighted by Gasteiger charge is -2.25. The Balaban J connectivity index is 2.14. The minimum Gasteiger partial charge on any atom is -0.490 e. The third-order valence-electron chi connectivity index (χ3n) is 3.85. The van der Waals surface area contributed by atoms with Crippen molar-refractivity contribution < 1.29 is 14.6 Å². The van der Waals surface area contributed by atoms with Gasteiger partial charge in [-0.3, -0.25) is 4.79 Å². The second kappa shape index (κ2) is 5.11. The van der Waals surface area contributed by atoms with Gasteiger partial charge < -0.3 is 9.84 Å². The smallest absolute Gasteiger partial charge is 0.163 e. The maximum absolute atomic E-state index is 11.6. The van der Waals surface area contributed by atoms with E-state index in [-0.39, 0.29) is 12.4 Å². The summed E-state index contributed by atoms with van der Waals surface area (Å²) in [6.07, 6.45) is 2.65. The van der Waals surface area contributed by atoms with Gasteiger partial charge in [0.2, 0.25) is 0 Å². The van der Waals surface area contributed by atoms with E-state index >= 15 is 0 Å². The van der Waals surface area contributed by atoms with E-state index in [9.17, 15) is 9.90 Å². The molecule has 1 aliphatic carbocycles. The number of carbonyl (C=O) groups is 1. The number of hydrogen-bond acceptors (Lipinski definition) is 3. The molecule has 0 spiro atoms. The van der Waals surface area contributed by atoms with Gasteiger partial charge >= 0.3 is 0 Å². The van der Waals surface area contributed by atoms with Gasteiger partial charge in [-0.25, -0.2) is 0 Å². The summed E-state index contributed by atoms with van der Waals surface area (Å²) in [5.41, 5.74) is 1.01. The normalized spacial score (nSPS) is 14.7. The highest BCUT2D eigenvalue weighted by Gasteiger charge is 2.26. The van der Waals surface area contributed by atoms with Crippen molar-refractivity contribution in [3.63, 3.8) is 0 Å². The van der Waals surface area contributed by atoms with Crippen LogP contribution in [-0.4, -0.2) is 23.1 Å². The van der Waals surface area contributed by atoms with Crippen LogP contribution in [0.5, 0.6) is 5.75 Å². The van der Waals surface area contributed by atoms with E-state index in [0.717, 1.165) is 23.3 Å². The van der Waals surface area contributed by atoms with Crippen molar-refractivity contribution in [2.45, 2.75) is 45.1 Å². The highest BCUT2D eigenvalue weighted by Crippen LogP contribution is 2.31. The predicted octanol–water partition coefficient (Wildman–Crippen LogP) is 2.75. The van der Waals surface area contributed by atoms with Crippen molar-refractivity contribution in [2.24, 2.45) is 0 Å². The lowest BCUT2D eigenvalue weighted by molar-refractivity contribution is -0.0115. The molecule has 0 radical (unpaired) electrons. The maximum atomic E-state index is 11.6. The van der Waals surface area contributed by atoms with Crippen molar-refractivity contribution in [3.8, 4) is 5.75 Å². The molecule has 1 N–H and O–H groups in total. The fourth-order valence-electron chi connectivity index (χ4n) is 2.26. The average molecular weight is 248 g/mol. The minimum absolute atomic E-state index is 0.191. The van der Waals surface area contributed by atoms with Crippen LogP contribution in [0.15, 0.2) is 18.2 Å². The molecule has 1 aliphatic rings. The van der Waals surface area contributed by atoms with Gasteiger partial charge in [-0.2, -0.15) is 0 Å². The van der Waals surface area contributed by atoms with Crippen LogP contribution in [0.1, 0.15) is 49.0 Å². The zero-order valence-electron chi connectivity index (χ0n) is 11.0. The van der Waals surface area contributed by atoms with E-state index in [2.05, 4.69) is 0 Å². The molecular formula is C15H20O3. The van der Waals surface area contributed by atoms with E-state index in [1.54, 1.807) is 0 Å². The Kier molecular flexibility index (Phi) is 3.71. The van der Waals surface area contributed by atoms with E-state index in [0.29, 0.717) is 19.3 Å². The van der Waals surface area contributed by atoms with Crippen LogP contribution < -0.4 is 4.74 Å². The Hall–Kier alpha value is -1.35. The average Bonchev–Trinajstić information content (AvgIpc) is 2.78. The summed E-state index contributed by atoms with van der Waals surface area (Å²) in [6, 6.07) is 5.57. The summed E-state index contributed by atoms with van der Waals surface area (Å²) in [5.74, 6) is 0.940. The molecular weight excluding hydrogens is 228 g/mol. The topological polar surface area (TPSA) is 46.5 Å². The number of carbonyl (C=O) groups excluding carboxylic acids is 1. The molecule has 0 fully saturated rings. The molecule has 98 valence electrons. The molecule has 0 aromatic heterocycles. The van der Waals surface area contributed by atoms with Crippen molar-refractivity contribution in [1.29, 1.82) is 0 Å². The molecule has 0 unspecified atom stereocenters. The summed E-state index contributed by atoms with van der Waals surface area (Å²) < 4.78 is 5.74. The quantitative estimate of drug-likeness (QED) is 0.871. The first-order valence-corrected chi connectivity index (χ1v) is 6.60. The Morgan fingerprint density at radius 1 is 1.28 bits per heavy atom. The third kappa shape index (κ3) is 2.41. The van der Waals surface area contributed by atoms with Crippen LogP contribution in [0, 0.1) is 0 Å². The van der Waals surface area contributed by atoms with Crippen LogP contribution in [0.25, 0.3) is 0 Å². The second-order valence-corrected chi connectivity index (χ2v) is 4.93. The number of rotatable bonds is 5. The van der Waals surface area contributed by atoms with E-state index in [4.69, 9.17) is 4.74 Å². The number of ketones is 1. The van der Waals surface area contributed by atoms with Crippen molar-refractivity contribution in [3.05, 3.63) is 29.3 Å². The first-order chi connectivity index (χ1) is 8.59. The zero-order valence-corrected chi connectivity index (χ0v) is 11.0. The third-order valence-corrected chi connectivity index (χ3v) is 3.85. The number of aliphatic hydroxyl groups is 1. The van der Waals surface area contributed by atoms with Crippen LogP contribution >= 0.6 is 0 Å². The maximum Gasteiger partial charge on any atom is 0.163 e. The zero-order chi connectivity index (χ0) is 13.2. The molecule has 0 amide bonds. The molecule has 18 heavy (non-hydrogen) atoms. The molecule has 3 nitrogen and oxygen atoms in total. The van der Waals surface area contributed by atoms with E-state index in [1.807, 2.05) is 32.0 Å². The summed E-state index contributed by atoms with van der Waals surface area (Å²) in [6.45, 7) is 4.18. The molecule has 0 saturated heterocycles. The predicted molar refractivity (Wildman–Crippen MR) is 70.1 cm³/mol. The SMILES string of the molecule is CCC(O)(CC)COc1cccc2c1CCC2=O. The van der Waals surface area contributed by atoms with Gasteiger partial charge in [-0.05, 0) is 25.3 Å². The Bertz CT molecular complexity index is 447. The Morgan fingerprint density at radius 3 is 2.67 bits per heavy atom. The van der Waals surface area contributed by atoms with Gasteiger partial charge in [0.15, 0.2) is 5.78 Å². The summed E-state index contributed by atoms with van der Waals surface area (Å²) in [5, 5.41) is 10.2. The van der Waals surface area contributed by atoms with Gasteiger partial charge in [0, 0.05) is 17.5 Å². The summed E-state index contributed by atoms with van der Waals surface area (Å²) in [4.78, 5) is 11.6. The molecule has 3 heteroatoms. The van der Waals surface area contributed by atoms with E-state index in [1.165, 1.54) is 0 Å². The van der Waals surface area contributed by atoms with Crippen LogP contribution in [0.3, 0.4) is 0 Å². The Labute approximate surface area is 108 Å². The fourth-order valence-corrected chi connectivity index (χ4v) is 2.26. The summed E-state index contributed by atoms with van der Waals surface area (Å²) >= 11 is 0. The standard InChI is InChI=1S/C15H20O3/c1-3-15(17,4-2)10-18-14-7-5-6-11-12(14)8-9-13(11)16/h5-7,17H,3-4,8-10H2,1-2H3. The van der Waals surface area contributed by atoms with Gasteiger partial charge in [0.1, 0.15) is 12.4 Å². The summed E-state index contributed by atoms with van der Waals surface area (Å²) in [7, 11) is 0. The van der Waals surface area contributed by atoms with Crippen LogP contribution in [0.2, 0.25) is 0 Å². The first-order valence-electron chi connectivity index (χ1n) is 6.60. The lowest BCUT2D eigenvalue weighted by atomic mass is 9.99. The number of hydrogen-bond donors (Lipinski definition) is 1. The van der Waals surface area contributed by atoms with Gasteiger partial charge in [-0.15, -0.1) is 0 Å². The molecule has 0 atom stereocenters. The second-order valence-electron chi connectivity index (χ2n) is 4.93. The molecule has 1 aromatic rings. The van der Waals surface area contributed by atoms with E-state index < -0.39 is 5.60 Å². The number of benzene rings is 1. The molecule has 0 saturated carbocycles. The largest absolute Gasteiger partial charge is 0.490 e. The van der Waals surface area contributed by atoms with Gasteiger partial charge in [-0.1, -0.05) is 26.0 Å². The van der Waals surface area contributed by atoms with Crippen LogP contribution in [-0.2, 0) is 6.42 Å². The fraction of sp³-hybridized carbons (Fsp3) is 0.533. The molecule has 2 rings (SSSR count).